The summed E-state index contributed by atoms with van der Waals surface area (Å²) in [5, 5.41) is 20.7. The molecule has 1 unspecified atom stereocenters. The van der Waals surface area contributed by atoms with Crippen molar-refractivity contribution in [2.24, 2.45) is 5.92 Å². The molecule has 96 valence electrons. The SMILES string of the molecule is C=CC[C@H]1C(O)Oc2ccccc2[C@H]1C[N+](=O)[O-]. The number of nitro groups is 1. The van der Waals surface area contributed by atoms with Crippen molar-refractivity contribution in [3.63, 3.8) is 0 Å². The van der Waals surface area contributed by atoms with E-state index >= 15 is 0 Å². The summed E-state index contributed by atoms with van der Waals surface area (Å²) in [6.45, 7) is 3.41. The van der Waals surface area contributed by atoms with E-state index < -0.39 is 6.29 Å². The van der Waals surface area contributed by atoms with E-state index in [0.717, 1.165) is 5.56 Å². The molecule has 1 N–H and O–H groups in total. The van der Waals surface area contributed by atoms with E-state index in [4.69, 9.17) is 4.74 Å². The Balaban J connectivity index is 2.38. The van der Waals surface area contributed by atoms with Crippen molar-refractivity contribution in [3.8, 4) is 5.75 Å². The average molecular weight is 249 g/mol. The lowest BCUT2D eigenvalue weighted by atomic mass is 9.81. The Morgan fingerprint density at radius 1 is 1.50 bits per heavy atom. The maximum Gasteiger partial charge on any atom is 0.211 e. The topological polar surface area (TPSA) is 72.6 Å². The summed E-state index contributed by atoms with van der Waals surface area (Å²) < 4.78 is 5.39. The standard InChI is InChI=1S/C13H15NO4/c1-2-5-10-11(8-14(16)17)9-6-3-4-7-12(9)18-13(10)15/h2-4,6-7,10-11,13,15H,1,5,8H2/t10-,11-,13?/m1/s1. The number of nitrogens with zero attached hydrogens (tertiary/aromatic N) is 1. The number of para-hydroxylation sites is 1. The second-order valence-corrected chi connectivity index (χ2v) is 4.36. The quantitative estimate of drug-likeness (QED) is 0.503. The van der Waals surface area contributed by atoms with Crippen LogP contribution in [0.4, 0.5) is 0 Å². The lowest BCUT2D eigenvalue weighted by Crippen LogP contribution is -2.38. The van der Waals surface area contributed by atoms with Gasteiger partial charge in [-0.15, -0.1) is 6.58 Å². The maximum absolute atomic E-state index is 10.8. The van der Waals surface area contributed by atoms with Gasteiger partial charge < -0.3 is 9.84 Å². The number of allylic oxidation sites excluding steroid dienone is 1. The van der Waals surface area contributed by atoms with Crippen LogP contribution >= 0.6 is 0 Å². The number of aliphatic hydroxyl groups excluding tert-OH is 1. The number of hydrogen-bond acceptors (Lipinski definition) is 4. The van der Waals surface area contributed by atoms with Crippen molar-refractivity contribution in [1.82, 2.24) is 0 Å². The van der Waals surface area contributed by atoms with Gasteiger partial charge in [-0.1, -0.05) is 24.3 Å². The third-order valence-corrected chi connectivity index (χ3v) is 3.23. The molecule has 1 aliphatic heterocycles. The molecule has 0 aliphatic carbocycles. The minimum Gasteiger partial charge on any atom is -0.465 e. The second kappa shape index (κ2) is 5.18. The predicted octanol–water partition coefficient (Wildman–Crippen LogP) is 1.95. The van der Waals surface area contributed by atoms with Gasteiger partial charge in [-0.25, -0.2) is 0 Å². The minimum absolute atomic E-state index is 0.212. The molecule has 0 saturated carbocycles. The van der Waals surface area contributed by atoms with Gasteiger partial charge in [0.25, 0.3) is 0 Å². The fourth-order valence-electron chi connectivity index (χ4n) is 2.41. The van der Waals surface area contributed by atoms with Crippen LogP contribution in [0.1, 0.15) is 17.9 Å². The van der Waals surface area contributed by atoms with Crippen molar-refractivity contribution in [3.05, 3.63) is 52.6 Å². The zero-order valence-corrected chi connectivity index (χ0v) is 9.86. The Morgan fingerprint density at radius 2 is 2.22 bits per heavy atom. The first kappa shape index (κ1) is 12.6. The molecule has 0 radical (unpaired) electrons. The van der Waals surface area contributed by atoms with Gasteiger partial charge in [0.15, 0.2) is 0 Å². The van der Waals surface area contributed by atoms with Gasteiger partial charge in [0, 0.05) is 16.4 Å². The Hall–Kier alpha value is -1.88. The van der Waals surface area contributed by atoms with Crippen LogP contribution < -0.4 is 4.74 Å². The molecule has 0 spiro atoms. The molecule has 2 rings (SSSR count). The lowest BCUT2D eigenvalue weighted by Gasteiger charge is -2.34. The summed E-state index contributed by atoms with van der Waals surface area (Å²) in [4.78, 5) is 10.4. The largest absolute Gasteiger partial charge is 0.465 e. The minimum atomic E-state index is -1.03. The van der Waals surface area contributed by atoms with Gasteiger partial charge >= 0.3 is 0 Å². The molecular formula is C13H15NO4. The lowest BCUT2D eigenvalue weighted by molar-refractivity contribution is -0.486. The molecule has 1 aromatic carbocycles. The van der Waals surface area contributed by atoms with Crippen LogP contribution in [0.15, 0.2) is 36.9 Å². The molecule has 3 atom stereocenters. The molecule has 1 aliphatic rings. The van der Waals surface area contributed by atoms with Crippen molar-refractivity contribution in [1.29, 1.82) is 0 Å². The number of rotatable bonds is 4. The third-order valence-electron chi connectivity index (χ3n) is 3.23. The molecule has 0 fully saturated rings. The smallest absolute Gasteiger partial charge is 0.211 e. The van der Waals surface area contributed by atoms with Crippen molar-refractivity contribution in [2.45, 2.75) is 18.6 Å². The van der Waals surface area contributed by atoms with Gasteiger partial charge in [0.2, 0.25) is 12.8 Å². The van der Waals surface area contributed by atoms with Crippen LogP contribution in [0, 0.1) is 16.0 Å². The number of fused-ring (bicyclic) bond motifs is 1. The second-order valence-electron chi connectivity index (χ2n) is 4.36. The Kier molecular flexibility index (Phi) is 3.62. The molecule has 18 heavy (non-hydrogen) atoms. The van der Waals surface area contributed by atoms with Crippen LogP contribution in [0.25, 0.3) is 0 Å². The molecule has 0 amide bonds. The first-order chi connectivity index (χ1) is 8.63. The number of aliphatic hydroxyl groups is 1. The molecular weight excluding hydrogens is 234 g/mol. The van der Waals surface area contributed by atoms with E-state index in [2.05, 4.69) is 6.58 Å². The summed E-state index contributed by atoms with van der Waals surface area (Å²) in [7, 11) is 0. The summed E-state index contributed by atoms with van der Waals surface area (Å²) in [5.41, 5.74) is 0.784. The predicted molar refractivity (Wildman–Crippen MR) is 66.0 cm³/mol. The summed E-state index contributed by atoms with van der Waals surface area (Å²) in [5.74, 6) is -0.155. The van der Waals surface area contributed by atoms with E-state index in [1.54, 1.807) is 18.2 Å². The van der Waals surface area contributed by atoms with Crippen LogP contribution in [-0.2, 0) is 0 Å². The molecule has 0 bridgehead atoms. The Labute approximate surface area is 105 Å². The van der Waals surface area contributed by atoms with Gasteiger partial charge in [-0.3, -0.25) is 10.1 Å². The molecule has 5 heteroatoms. The molecule has 0 saturated heterocycles. The van der Waals surface area contributed by atoms with Crippen LogP contribution in [0.5, 0.6) is 5.75 Å². The normalized spacial score (nSPS) is 25.9. The van der Waals surface area contributed by atoms with E-state index in [9.17, 15) is 15.2 Å². The van der Waals surface area contributed by atoms with Crippen molar-refractivity contribution < 1.29 is 14.8 Å². The highest BCUT2D eigenvalue weighted by atomic mass is 16.6. The first-order valence-electron chi connectivity index (χ1n) is 5.80. The third kappa shape index (κ3) is 2.36. The monoisotopic (exact) mass is 249 g/mol. The van der Waals surface area contributed by atoms with E-state index in [1.165, 1.54) is 0 Å². The van der Waals surface area contributed by atoms with Crippen LogP contribution in [-0.4, -0.2) is 22.9 Å². The Morgan fingerprint density at radius 3 is 2.89 bits per heavy atom. The Bertz CT molecular complexity index is 460. The van der Waals surface area contributed by atoms with Gasteiger partial charge in [0.1, 0.15) is 5.75 Å². The first-order valence-corrected chi connectivity index (χ1v) is 5.80. The maximum atomic E-state index is 10.8. The highest BCUT2D eigenvalue weighted by Crippen LogP contribution is 2.41. The van der Waals surface area contributed by atoms with Crippen LogP contribution in [0.3, 0.4) is 0 Å². The van der Waals surface area contributed by atoms with Gasteiger partial charge in [-0.05, 0) is 12.5 Å². The van der Waals surface area contributed by atoms with Crippen molar-refractivity contribution in [2.75, 3.05) is 6.54 Å². The molecule has 0 aromatic heterocycles. The van der Waals surface area contributed by atoms with Gasteiger partial charge in [0.05, 0.1) is 5.92 Å². The highest BCUT2D eigenvalue weighted by molar-refractivity contribution is 5.38. The fraction of sp³-hybridized carbons (Fsp3) is 0.385. The molecule has 1 heterocycles. The zero-order valence-electron chi connectivity index (χ0n) is 9.86. The molecule has 1 aromatic rings. The van der Waals surface area contributed by atoms with E-state index in [1.807, 2.05) is 12.1 Å². The highest BCUT2D eigenvalue weighted by Gasteiger charge is 2.39. The summed E-state index contributed by atoms with van der Waals surface area (Å²) in [6, 6.07) is 7.13. The fourth-order valence-corrected chi connectivity index (χ4v) is 2.41. The van der Waals surface area contributed by atoms with Gasteiger partial charge in [-0.2, -0.15) is 0 Å². The van der Waals surface area contributed by atoms with Crippen molar-refractivity contribution >= 4 is 0 Å². The van der Waals surface area contributed by atoms with E-state index in [0.29, 0.717) is 12.2 Å². The summed E-state index contributed by atoms with van der Waals surface area (Å²) in [6.07, 6.45) is 1.11. The average Bonchev–Trinajstić information content (AvgIpc) is 2.33. The van der Waals surface area contributed by atoms with E-state index in [-0.39, 0.29) is 23.3 Å². The zero-order chi connectivity index (χ0) is 13.1. The number of benzene rings is 1. The number of ether oxygens (including phenoxy) is 1. The molecule has 5 nitrogen and oxygen atoms in total. The number of hydrogen-bond donors (Lipinski definition) is 1. The summed E-state index contributed by atoms with van der Waals surface area (Å²) >= 11 is 0. The van der Waals surface area contributed by atoms with Crippen LogP contribution in [0.2, 0.25) is 0 Å².